The van der Waals surface area contributed by atoms with E-state index in [9.17, 15) is 9.59 Å². The Hall–Kier alpha value is -2.05. The van der Waals surface area contributed by atoms with Crippen LogP contribution in [0.5, 0.6) is 5.75 Å². The molecule has 0 radical (unpaired) electrons. The van der Waals surface area contributed by atoms with Gasteiger partial charge < -0.3 is 15.0 Å². The number of rotatable bonds is 4. The lowest BCUT2D eigenvalue weighted by atomic mass is 9.95. The Labute approximate surface area is 161 Å². The van der Waals surface area contributed by atoms with Crippen LogP contribution in [0.4, 0.5) is 5.69 Å². The van der Waals surface area contributed by atoms with Crippen molar-refractivity contribution in [2.75, 3.05) is 25.5 Å². The van der Waals surface area contributed by atoms with Gasteiger partial charge in [0.25, 0.3) is 5.91 Å². The van der Waals surface area contributed by atoms with Gasteiger partial charge >= 0.3 is 0 Å². The highest BCUT2D eigenvalue weighted by Gasteiger charge is 2.28. The van der Waals surface area contributed by atoms with Crippen LogP contribution in [0.1, 0.15) is 28.1 Å². The number of hydrogen-bond acceptors (Lipinski definition) is 4. The molecular weight excluding hydrogens is 372 g/mol. The van der Waals surface area contributed by atoms with Gasteiger partial charge in [-0.1, -0.05) is 17.7 Å². The largest absolute Gasteiger partial charge is 0.495 e. The van der Waals surface area contributed by atoms with Crippen molar-refractivity contribution in [2.24, 2.45) is 5.92 Å². The van der Waals surface area contributed by atoms with Crippen molar-refractivity contribution in [3.8, 4) is 5.75 Å². The van der Waals surface area contributed by atoms with E-state index in [2.05, 4.69) is 5.32 Å². The predicted octanol–water partition coefficient (Wildman–Crippen LogP) is 4.21. The molecular formula is C19H21ClN2O3S. The minimum atomic E-state index is -0.122. The van der Waals surface area contributed by atoms with E-state index in [-0.39, 0.29) is 17.7 Å². The van der Waals surface area contributed by atoms with Gasteiger partial charge in [0, 0.05) is 30.1 Å². The number of aryl methyl sites for hydroxylation is 1. The summed E-state index contributed by atoms with van der Waals surface area (Å²) < 4.78 is 5.31. The Kier molecular flexibility index (Phi) is 5.84. The van der Waals surface area contributed by atoms with E-state index in [1.807, 2.05) is 35.4 Å². The topological polar surface area (TPSA) is 58.6 Å². The van der Waals surface area contributed by atoms with Gasteiger partial charge in [-0.15, -0.1) is 11.3 Å². The van der Waals surface area contributed by atoms with Gasteiger partial charge in [-0.3, -0.25) is 9.59 Å². The molecule has 0 aliphatic carbocycles. The summed E-state index contributed by atoms with van der Waals surface area (Å²) in [6.07, 6.45) is 1.30. The summed E-state index contributed by atoms with van der Waals surface area (Å²) in [6.45, 7) is 3.06. The van der Waals surface area contributed by atoms with Gasteiger partial charge in [-0.25, -0.2) is 0 Å². The predicted molar refractivity (Wildman–Crippen MR) is 104 cm³/mol. The molecule has 138 valence electrons. The zero-order valence-electron chi connectivity index (χ0n) is 14.8. The van der Waals surface area contributed by atoms with E-state index < -0.39 is 0 Å². The molecule has 1 aliphatic heterocycles. The van der Waals surface area contributed by atoms with Crippen LogP contribution in [0.25, 0.3) is 0 Å². The fraction of sp³-hybridized carbons (Fsp3) is 0.368. The van der Waals surface area contributed by atoms with Gasteiger partial charge in [0.2, 0.25) is 5.91 Å². The Morgan fingerprint density at radius 3 is 2.65 bits per heavy atom. The third kappa shape index (κ3) is 4.02. The summed E-state index contributed by atoms with van der Waals surface area (Å²) in [7, 11) is 1.55. The molecule has 0 atom stereocenters. The number of thiophene rings is 1. The van der Waals surface area contributed by atoms with E-state index in [1.54, 1.807) is 13.2 Å². The number of carbonyl (C=O) groups is 2. The summed E-state index contributed by atoms with van der Waals surface area (Å²) in [4.78, 5) is 27.6. The second-order valence-electron chi connectivity index (χ2n) is 6.33. The highest BCUT2D eigenvalue weighted by Crippen LogP contribution is 2.32. The summed E-state index contributed by atoms with van der Waals surface area (Å²) in [6, 6.07) is 7.23. The van der Waals surface area contributed by atoms with Crippen molar-refractivity contribution in [3.05, 3.63) is 45.1 Å². The first-order valence-corrected chi connectivity index (χ1v) is 9.73. The number of piperidine rings is 1. The number of nitrogens with zero attached hydrogens (tertiary/aromatic N) is 1. The molecule has 26 heavy (non-hydrogen) atoms. The molecule has 1 saturated heterocycles. The highest BCUT2D eigenvalue weighted by molar-refractivity contribution is 7.12. The lowest BCUT2D eigenvalue weighted by molar-refractivity contribution is -0.121. The fourth-order valence-electron chi connectivity index (χ4n) is 3.07. The second kappa shape index (κ2) is 8.10. The van der Waals surface area contributed by atoms with E-state index in [4.69, 9.17) is 16.3 Å². The van der Waals surface area contributed by atoms with Crippen molar-refractivity contribution in [3.63, 3.8) is 0 Å². The quantitative estimate of drug-likeness (QED) is 0.847. The number of carbonyl (C=O) groups excluding carboxylic acids is 2. The van der Waals surface area contributed by atoms with Crippen LogP contribution in [0.3, 0.4) is 0 Å². The molecule has 2 aromatic rings. The Bertz CT molecular complexity index is 799. The molecule has 1 aromatic carbocycles. The minimum Gasteiger partial charge on any atom is -0.495 e. The summed E-state index contributed by atoms with van der Waals surface area (Å²) in [5.41, 5.74) is 1.50. The molecule has 2 amide bonds. The molecule has 5 nitrogen and oxygen atoms in total. The maximum atomic E-state index is 12.6. The number of hydrogen-bond donors (Lipinski definition) is 1. The monoisotopic (exact) mass is 392 g/mol. The normalized spacial score (nSPS) is 15.0. The van der Waals surface area contributed by atoms with E-state index >= 15 is 0 Å². The number of halogens is 1. The second-order valence-corrected chi connectivity index (χ2v) is 7.69. The number of amides is 2. The van der Waals surface area contributed by atoms with Crippen LogP contribution in [-0.2, 0) is 4.79 Å². The van der Waals surface area contributed by atoms with Crippen LogP contribution >= 0.6 is 22.9 Å². The van der Waals surface area contributed by atoms with Crippen molar-refractivity contribution in [1.82, 2.24) is 4.90 Å². The third-order valence-electron chi connectivity index (χ3n) is 4.62. The van der Waals surface area contributed by atoms with Crippen LogP contribution in [0.2, 0.25) is 5.02 Å². The molecule has 2 heterocycles. The lowest BCUT2D eigenvalue weighted by Crippen LogP contribution is -2.41. The number of methoxy groups -OCH3 is 1. The van der Waals surface area contributed by atoms with E-state index in [0.29, 0.717) is 42.4 Å². The fourth-order valence-corrected chi connectivity index (χ4v) is 3.91. The average Bonchev–Trinajstić information content (AvgIpc) is 3.18. The molecule has 1 N–H and O–H groups in total. The average molecular weight is 393 g/mol. The van der Waals surface area contributed by atoms with Crippen molar-refractivity contribution >= 4 is 40.4 Å². The van der Waals surface area contributed by atoms with Crippen molar-refractivity contribution in [1.29, 1.82) is 0 Å². The Morgan fingerprint density at radius 2 is 2.04 bits per heavy atom. The highest BCUT2D eigenvalue weighted by atomic mass is 35.5. The first-order chi connectivity index (χ1) is 12.5. The third-order valence-corrected chi connectivity index (χ3v) is 5.89. The van der Waals surface area contributed by atoms with Crippen LogP contribution in [-0.4, -0.2) is 36.9 Å². The van der Waals surface area contributed by atoms with Crippen molar-refractivity contribution in [2.45, 2.75) is 19.8 Å². The van der Waals surface area contributed by atoms with Gasteiger partial charge in [-0.2, -0.15) is 0 Å². The summed E-state index contributed by atoms with van der Waals surface area (Å²) >= 11 is 7.55. The molecule has 0 spiro atoms. The van der Waals surface area contributed by atoms with Gasteiger partial charge in [-0.05, 0) is 42.8 Å². The first kappa shape index (κ1) is 18.7. The standard InChI is InChI=1S/C19H21ClN2O3S/c1-12-10-15(16(25-2)11-14(12)20)21-18(23)13-5-7-22(8-6-13)19(24)17-4-3-9-26-17/h3-4,9-11,13H,5-8H2,1-2H3,(H,21,23). The van der Waals surface area contributed by atoms with Crippen LogP contribution < -0.4 is 10.1 Å². The number of anilines is 1. The molecule has 7 heteroatoms. The maximum absolute atomic E-state index is 12.6. The Balaban J connectivity index is 1.61. The Morgan fingerprint density at radius 1 is 1.31 bits per heavy atom. The van der Waals surface area contributed by atoms with Gasteiger partial charge in [0.1, 0.15) is 5.75 Å². The number of likely N-dealkylation sites (tertiary alicyclic amines) is 1. The van der Waals surface area contributed by atoms with E-state index in [1.165, 1.54) is 11.3 Å². The smallest absolute Gasteiger partial charge is 0.263 e. The molecule has 1 aromatic heterocycles. The first-order valence-electron chi connectivity index (χ1n) is 8.47. The van der Waals surface area contributed by atoms with Gasteiger partial charge in [0.05, 0.1) is 17.7 Å². The molecule has 3 rings (SSSR count). The van der Waals surface area contributed by atoms with Crippen LogP contribution in [0, 0.1) is 12.8 Å². The lowest BCUT2D eigenvalue weighted by Gasteiger charge is -2.31. The molecule has 1 fully saturated rings. The summed E-state index contributed by atoms with van der Waals surface area (Å²) in [5.74, 6) is 0.421. The zero-order chi connectivity index (χ0) is 18.7. The van der Waals surface area contributed by atoms with Gasteiger partial charge in [0.15, 0.2) is 0 Å². The number of benzene rings is 1. The molecule has 0 unspecified atom stereocenters. The van der Waals surface area contributed by atoms with E-state index in [0.717, 1.165) is 10.4 Å². The number of ether oxygens (including phenoxy) is 1. The SMILES string of the molecule is COc1cc(Cl)c(C)cc1NC(=O)C1CCN(C(=O)c2cccs2)CC1. The zero-order valence-corrected chi connectivity index (χ0v) is 16.3. The van der Waals surface area contributed by atoms with Crippen molar-refractivity contribution < 1.29 is 14.3 Å². The summed E-state index contributed by atoms with van der Waals surface area (Å²) in [5, 5.41) is 5.44. The van der Waals surface area contributed by atoms with Crippen LogP contribution in [0.15, 0.2) is 29.6 Å². The maximum Gasteiger partial charge on any atom is 0.263 e. The molecule has 0 bridgehead atoms. The minimum absolute atomic E-state index is 0.0479. The number of nitrogens with one attached hydrogen (secondary N) is 1. The molecule has 1 aliphatic rings. The molecule has 0 saturated carbocycles.